The zero-order chi connectivity index (χ0) is 21.6. The quantitative estimate of drug-likeness (QED) is 0.446. The molecule has 0 aliphatic carbocycles. The van der Waals surface area contributed by atoms with E-state index >= 15 is 0 Å². The summed E-state index contributed by atoms with van der Waals surface area (Å²) in [7, 11) is 1.40. The van der Waals surface area contributed by atoms with Crippen molar-refractivity contribution in [3.05, 3.63) is 88.9 Å². The van der Waals surface area contributed by atoms with Crippen LogP contribution < -0.4 is 4.90 Å². The minimum absolute atomic E-state index is 0.159. The predicted molar refractivity (Wildman–Crippen MR) is 125 cm³/mol. The fourth-order valence-electron chi connectivity index (χ4n) is 3.91. The summed E-state index contributed by atoms with van der Waals surface area (Å²) in [6.07, 6.45) is 2.25. The van der Waals surface area contributed by atoms with Gasteiger partial charge in [0.2, 0.25) is 0 Å². The molecule has 0 bridgehead atoms. The smallest absolute Gasteiger partial charge is 0.337 e. The molecule has 4 nitrogen and oxygen atoms in total. The summed E-state index contributed by atoms with van der Waals surface area (Å²) in [6.45, 7) is 2.36. The van der Waals surface area contributed by atoms with Crippen molar-refractivity contribution in [3.63, 3.8) is 0 Å². The highest BCUT2D eigenvalue weighted by Crippen LogP contribution is 2.25. The standard InChI is InChI=1S/C26H26ClNO3/c1-30-26(29)22-4-2-5-24(16-22)28-15-3-6-25(17-28)31-18-19-7-9-20(10-8-19)21-11-13-23(27)14-12-21/h2,4-5,7-14,16,25H,3,6,15,17-18H2,1H3. The molecule has 0 spiro atoms. The zero-order valence-electron chi connectivity index (χ0n) is 17.6. The van der Waals surface area contributed by atoms with Crippen molar-refractivity contribution in [3.8, 4) is 11.1 Å². The molecule has 1 saturated heterocycles. The molecule has 5 heteroatoms. The van der Waals surface area contributed by atoms with Gasteiger partial charge in [-0.25, -0.2) is 4.79 Å². The zero-order valence-corrected chi connectivity index (χ0v) is 18.3. The summed E-state index contributed by atoms with van der Waals surface area (Å²) in [5.74, 6) is -0.311. The number of carbonyl (C=O) groups is 1. The van der Waals surface area contributed by atoms with Crippen molar-refractivity contribution in [2.45, 2.75) is 25.6 Å². The summed E-state index contributed by atoms with van der Waals surface area (Å²) < 4.78 is 11.1. The second kappa shape index (κ2) is 9.99. The van der Waals surface area contributed by atoms with Gasteiger partial charge in [0.15, 0.2) is 0 Å². The predicted octanol–water partition coefficient (Wildman–Crippen LogP) is 5.98. The van der Waals surface area contributed by atoms with E-state index in [2.05, 4.69) is 29.2 Å². The average Bonchev–Trinajstić information content (AvgIpc) is 2.83. The number of esters is 1. The van der Waals surface area contributed by atoms with E-state index in [1.807, 2.05) is 42.5 Å². The SMILES string of the molecule is COC(=O)c1cccc(N2CCCC(OCc3ccc(-c4ccc(Cl)cc4)cc3)C2)c1. The molecule has 3 aromatic carbocycles. The molecule has 1 aliphatic rings. The minimum Gasteiger partial charge on any atom is -0.465 e. The van der Waals surface area contributed by atoms with Crippen LogP contribution in [0.5, 0.6) is 0 Å². The number of methoxy groups -OCH3 is 1. The molecule has 31 heavy (non-hydrogen) atoms. The van der Waals surface area contributed by atoms with Crippen LogP contribution >= 0.6 is 11.6 Å². The molecule has 1 heterocycles. The third-order valence-electron chi connectivity index (χ3n) is 5.63. The molecule has 4 rings (SSSR count). The van der Waals surface area contributed by atoms with E-state index in [-0.39, 0.29) is 12.1 Å². The van der Waals surface area contributed by atoms with Crippen LogP contribution in [-0.4, -0.2) is 32.3 Å². The van der Waals surface area contributed by atoms with Crippen molar-refractivity contribution in [2.24, 2.45) is 0 Å². The maximum Gasteiger partial charge on any atom is 0.337 e. The lowest BCUT2D eigenvalue weighted by molar-refractivity contribution is 0.0316. The average molecular weight is 436 g/mol. The molecule has 1 unspecified atom stereocenters. The number of ether oxygens (including phenoxy) is 2. The number of carbonyl (C=O) groups excluding carboxylic acids is 1. The first kappa shape index (κ1) is 21.4. The van der Waals surface area contributed by atoms with E-state index in [9.17, 15) is 4.79 Å². The van der Waals surface area contributed by atoms with Crippen LogP contribution in [-0.2, 0) is 16.1 Å². The first-order valence-electron chi connectivity index (χ1n) is 10.5. The lowest BCUT2D eigenvalue weighted by Gasteiger charge is -2.34. The Kier molecular flexibility index (Phi) is 6.90. The first-order chi connectivity index (χ1) is 15.1. The van der Waals surface area contributed by atoms with E-state index in [4.69, 9.17) is 21.1 Å². The van der Waals surface area contributed by atoms with Gasteiger partial charge in [0, 0.05) is 23.8 Å². The summed E-state index contributed by atoms with van der Waals surface area (Å²) >= 11 is 5.98. The van der Waals surface area contributed by atoms with Gasteiger partial charge in [-0.3, -0.25) is 0 Å². The van der Waals surface area contributed by atoms with Crippen LogP contribution in [0.1, 0.15) is 28.8 Å². The van der Waals surface area contributed by atoms with Gasteiger partial charge in [-0.1, -0.05) is 54.1 Å². The van der Waals surface area contributed by atoms with Crippen molar-refractivity contribution >= 4 is 23.3 Å². The van der Waals surface area contributed by atoms with Crippen molar-refractivity contribution in [1.82, 2.24) is 0 Å². The summed E-state index contributed by atoms with van der Waals surface area (Å²) in [5.41, 5.74) is 5.07. The van der Waals surface area contributed by atoms with Gasteiger partial charge < -0.3 is 14.4 Å². The molecule has 1 fully saturated rings. The van der Waals surface area contributed by atoms with Crippen LogP contribution in [0.2, 0.25) is 5.02 Å². The van der Waals surface area contributed by atoms with Crippen LogP contribution in [0.15, 0.2) is 72.8 Å². The third-order valence-corrected chi connectivity index (χ3v) is 5.88. The van der Waals surface area contributed by atoms with Gasteiger partial charge >= 0.3 is 5.97 Å². The summed E-state index contributed by atoms with van der Waals surface area (Å²) in [5, 5.41) is 0.743. The number of rotatable bonds is 6. The van der Waals surface area contributed by atoms with Gasteiger partial charge in [-0.15, -0.1) is 0 Å². The Labute approximate surface area is 188 Å². The Morgan fingerprint density at radius 1 is 1.03 bits per heavy atom. The number of piperidine rings is 1. The Hall–Kier alpha value is -2.82. The molecule has 1 atom stereocenters. The second-order valence-electron chi connectivity index (χ2n) is 7.77. The second-order valence-corrected chi connectivity index (χ2v) is 8.20. The van der Waals surface area contributed by atoms with E-state index in [0.717, 1.165) is 53.3 Å². The van der Waals surface area contributed by atoms with Gasteiger partial charge in [-0.2, -0.15) is 0 Å². The van der Waals surface area contributed by atoms with Gasteiger partial charge in [-0.05, 0) is 59.9 Å². The van der Waals surface area contributed by atoms with Crippen LogP contribution in [0.4, 0.5) is 5.69 Å². The van der Waals surface area contributed by atoms with Crippen LogP contribution in [0.25, 0.3) is 11.1 Å². The Bertz CT molecular complexity index is 1020. The fourth-order valence-corrected chi connectivity index (χ4v) is 4.03. The maximum atomic E-state index is 11.8. The van der Waals surface area contributed by atoms with Crippen molar-refractivity contribution in [2.75, 3.05) is 25.1 Å². The monoisotopic (exact) mass is 435 g/mol. The van der Waals surface area contributed by atoms with Crippen molar-refractivity contribution in [1.29, 1.82) is 0 Å². The third kappa shape index (κ3) is 5.46. The van der Waals surface area contributed by atoms with E-state index < -0.39 is 0 Å². The van der Waals surface area contributed by atoms with Gasteiger partial charge in [0.1, 0.15) is 0 Å². The molecule has 0 saturated carbocycles. The van der Waals surface area contributed by atoms with Crippen LogP contribution in [0, 0.1) is 0 Å². The highest BCUT2D eigenvalue weighted by Gasteiger charge is 2.21. The molecular formula is C26H26ClNO3. The molecule has 0 radical (unpaired) electrons. The normalized spacial score (nSPS) is 16.2. The molecule has 3 aromatic rings. The Balaban J connectivity index is 1.35. The molecule has 1 aliphatic heterocycles. The summed E-state index contributed by atoms with van der Waals surface area (Å²) in [6, 6.07) is 23.9. The Morgan fingerprint density at radius 2 is 1.74 bits per heavy atom. The number of halogens is 1. The van der Waals surface area contributed by atoms with Crippen LogP contribution in [0.3, 0.4) is 0 Å². The molecule has 0 N–H and O–H groups in total. The first-order valence-corrected chi connectivity index (χ1v) is 10.9. The van der Waals surface area contributed by atoms with E-state index in [1.165, 1.54) is 7.11 Å². The largest absolute Gasteiger partial charge is 0.465 e. The number of benzene rings is 3. The number of hydrogen-bond donors (Lipinski definition) is 0. The van der Waals surface area contributed by atoms with Crippen molar-refractivity contribution < 1.29 is 14.3 Å². The molecule has 0 aromatic heterocycles. The van der Waals surface area contributed by atoms with Gasteiger partial charge in [0.25, 0.3) is 0 Å². The van der Waals surface area contributed by atoms with E-state index in [0.29, 0.717) is 12.2 Å². The number of hydrogen-bond acceptors (Lipinski definition) is 4. The summed E-state index contributed by atoms with van der Waals surface area (Å²) in [4.78, 5) is 14.1. The fraction of sp³-hybridized carbons (Fsp3) is 0.269. The lowest BCUT2D eigenvalue weighted by Crippen LogP contribution is -2.39. The van der Waals surface area contributed by atoms with E-state index in [1.54, 1.807) is 6.07 Å². The topological polar surface area (TPSA) is 38.8 Å². The lowest BCUT2D eigenvalue weighted by atomic mass is 10.0. The molecular weight excluding hydrogens is 410 g/mol. The highest BCUT2D eigenvalue weighted by atomic mass is 35.5. The number of anilines is 1. The molecule has 0 amide bonds. The Morgan fingerprint density at radius 3 is 2.45 bits per heavy atom. The van der Waals surface area contributed by atoms with Gasteiger partial charge in [0.05, 0.1) is 25.4 Å². The highest BCUT2D eigenvalue weighted by molar-refractivity contribution is 6.30. The maximum absolute atomic E-state index is 11.8. The molecule has 160 valence electrons. The minimum atomic E-state index is -0.311. The number of nitrogens with zero attached hydrogens (tertiary/aromatic N) is 1.